The molecule has 1 aromatic heterocycles. The number of carbonyl (C=O) groups excluding carboxylic acids is 1. The van der Waals surface area contributed by atoms with Gasteiger partial charge in [-0.25, -0.2) is 4.79 Å². The molecule has 3 N–H and O–H groups in total. The maximum atomic E-state index is 11.8. The molecular formula is C11H13N5O3S2. The number of carbonyl (C=O) groups is 2. The van der Waals surface area contributed by atoms with Crippen molar-refractivity contribution in [2.45, 2.75) is 16.4 Å². The van der Waals surface area contributed by atoms with E-state index in [9.17, 15) is 14.7 Å². The van der Waals surface area contributed by atoms with Crippen LogP contribution in [0.15, 0.2) is 22.5 Å². The number of rotatable bonds is 4. The number of aryl methyl sites for hydroxylation is 1. The largest absolute Gasteiger partial charge is 0.477 e. The quantitative estimate of drug-likeness (QED) is 0.561. The molecule has 0 aliphatic carbocycles. The van der Waals surface area contributed by atoms with Crippen LogP contribution in [-0.4, -0.2) is 59.8 Å². The number of carboxylic acid groups (broad SMARTS) is 1. The van der Waals surface area contributed by atoms with Crippen LogP contribution in [0.4, 0.5) is 0 Å². The normalized spacial score (nSPS) is 24.9. The molecule has 0 spiro atoms. The average Bonchev–Trinajstić information content (AvgIpc) is 2.88. The summed E-state index contributed by atoms with van der Waals surface area (Å²) in [5, 5.41) is 17.6. The molecule has 10 heteroatoms. The van der Waals surface area contributed by atoms with E-state index < -0.39 is 12.0 Å². The topological polar surface area (TPSA) is 114 Å². The predicted molar refractivity (Wildman–Crippen MR) is 77.5 cm³/mol. The minimum atomic E-state index is -1.09. The molecule has 1 saturated heterocycles. The number of aromatic nitrogens is 3. The molecular weight excluding hydrogens is 314 g/mol. The van der Waals surface area contributed by atoms with Gasteiger partial charge in [-0.1, -0.05) is 17.0 Å². The lowest BCUT2D eigenvalue weighted by Gasteiger charge is -2.48. The highest BCUT2D eigenvalue weighted by Crippen LogP contribution is 2.40. The highest BCUT2D eigenvalue weighted by molar-refractivity contribution is 8.01. The Bertz CT molecular complexity index is 644. The van der Waals surface area contributed by atoms with Crippen LogP contribution >= 0.6 is 23.5 Å². The van der Waals surface area contributed by atoms with Crippen molar-refractivity contribution in [2.24, 2.45) is 12.8 Å². The number of β-lactam (4-membered cyclic amide) rings is 1. The number of hydrogen-bond acceptors (Lipinski definition) is 7. The van der Waals surface area contributed by atoms with Crippen LogP contribution in [-0.2, 0) is 16.6 Å². The molecule has 2 atom stereocenters. The first-order chi connectivity index (χ1) is 9.99. The van der Waals surface area contributed by atoms with Gasteiger partial charge in [-0.3, -0.25) is 14.4 Å². The Hall–Kier alpha value is -1.52. The first-order valence-corrected chi connectivity index (χ1v) is 8.17. The number of hydrogen-bond donors (Lipinski definition) is 2. The van der Waals surface area contributed by atoms with E-state index in [0.29, 0.717) is 22.1 Å². The van der Waals surface area contributed by atoms with Crippen molar-refractivity contribution < 1.29 is 14.7 Å². The second-order valence-electron chi connectivity index (χ2n) is 4.71. The molecule has 112 valence electrons. The SMILES string of the molecule is Cn1cc(SCC2=C(C(=O)O)N3C(=O)C(N)[C@H]3SC2)nn1. The van der Waals surface area contributed by atoms with Gasteiger partial charge in [0.25, 0.3) is 0 Å². The van der Waals surface area contributed by atoms with E-state index in [0.717, 1.165) is 0 Å². The van der Waals surface area contributed by atoms with Crippen LogP contribution < -0.4 is 5.73 Å². The second kappa shape index (κ2) is 5.35. The maximum Gasteiger partial charge on any atom is 0.352 e. The molecule has 0 radical (unpaired) electrons. The summed E-state index contributed by atoms with van der Waals surface area (Å²) < 4.78 is 1.58. The zero-order valence-corrected chi connectivity index (χ0v) is 12.7. The van der Waals surface area contributed by atoms with Gasteiger partial charge >= 0.3 is 5.97 Å². The lowest BCUT2D eigenvalue weighted by Crippen LogP contribution is -2.68. The van der Waals surface area contributed by atoms with Gasteiger partial charge in [0.05, 0.1) is 6.20 Å². The van der Waals surface area contributed by atoms with Gasteiger partial charge in [0, 0.05) is 18.6 Å². The molecule has 1 amide bonds. The Balaban J connectivity index is 1.81. The highest BCUT2D eigenvalue weighted by atomic mass is 32.2. The van der Waals surface area contributed by atoms with E-state index in [2.05, 4.69) is 10.3 Å². The fraction of sp³-hybridized carbons (Fsp3) is 0.455. The van der Waals surface area contributed by atoms with Crippen LogP contribution in [0, 0.1) is 0 Å². The Morgan fingerprint density at radius 3 is 3.05 bits per heavy atom. The lowest BCUT2D eigenvalue weighted by atomic mass is 10.0. The van der Waals surface area contributed by atoms with Crippen LogP contribution in [0.5, 0.6) is 0 Å². The van der Waals surface area contributed by atoms with Gasteiger partial charge in [0.15, 0.2) is 0 Å². The van der Waals surface area contributed by atoms with Crippen molar-refractivity contribution in [1.82, 2.24) is 19.9 Å². The summed E-state index contributed by atoms with van der Waals surface area (Å²) in [6.07, 6.45) is 1.76. The van der Waals surface area contributed by atoms with Crippen LogP contribution in [0.3, 0.4) is 0 Å². The van der Waals surface area contributed by atoms with E-state index in [1.54, 1.807) is 17.9 Å². The molecule has 21 heavy (non-hydrogen) atoms. The molecule has 1 fully saturated rings. The Kier molecular flexibility index (Phi) is 3.68. The number of thioether (sulfide) groups is 2. The Morgan fingerprint density at radius 1 is 1.67 bits per heavy atom. The van der Waals surface area contributed by atoms with Gasteiger partial charge in [-0.05, 0) is 5.57 Å². The number of carboxylic acids is 1. The number of fused-ring (bicyclic) bond motifs is 1. The highest BCUT2D eigenvalue weighted by Gasteiger charge is 2.51. The number of amides is 1. The molecule has 2 aliphatic rings. The summed E-state index contributed by atoms with van der Waals surface area (Å²) in [6.45, 7) is 0. The minimum absolute atomic E-state index is 0.0711. The van der Waals surface area contributed by atoms with Crippen LogP contribution in [0.25, 0.3) is 0 Å². The number of nitrogens with zero attached hydrogens (tertiary/aromatic N) is 4. The van der Waals surface area contributed by atoms with E-state index in [4.69, 9.17) is 5.73 Å². The molecule has 1 unspecified atom stereocenters. The lowest BCUT2D eigenvalue weighted by molar-refractivity contribution is -0.147. The smallest absolute Gasteiger partial charge is 0.352 e. The van der Waals surface area contributed by atoms with Gasteiger partial charge in [0.2, 0.25) is 5.91 Å². The van der Waals surface area contributed by atoms with Crippen molar-refractivity contribution >= 4 is 35.4 Å². The molecule has 0 bridgehead atoms. The van der Waals surface area contributed by atoms with Gasteiger partial charge in [-0.2, -0.15) is 0 Å². The van der Waals surface area contributed by atoms with E-state index in [1.807, 2.05) is 0 Å². The maximum absolute atomic E-state index is 11.8. The van der Waals surface area contributed by atoms with Gasteiger partial charge < -0.3 is 10.8 Å². The zero-order chi connectivity index (χ0) is 15.1. The van der Waals surface area contributed by atoms with Crippen LogP contribution in [0.1, 0.15) is 0 Å². The van der Waals surface area contributed by atoms with Crippen molar-refractivity contribution in [2.75, 3.05) is 11.5 Å². The van der Waals surface area contributed by atoms with Crippen molar-refractivity contribution in [3.63, 3.8) is 0 Å². The summed E-state index contributed by atoms with van der Waals surface area (Å²) in [7, 11) is 1.76. The molecule has 1 aromatic rings. The number of aliphatic carboxylic acids is 1. The molecule has 8 nitrogen and oxygen atoms in total. The van der Waals surface area contributed by atoms with Crippen molar-refractivity contribution in [3.05, 3.63) is 17.5 Å². The minimum Gasteiger partial charge on any atom is -0.477 e. The average molecular weight is 327 g/mol. The molecule has 0 aromatic carbocycles. The van der Waals surface area contributed by atoms with E-state index >= 15 is 0 Å². The number of nitrogens with two attached hydrogens (primary N) is 1. The fourth-order valence-electron chi connectivity index (χ4n) is 2.24. The van der Waals surface area contributed by atoms with Gasteiger partial charge in [0.1, 0.15) is 22.1 Å². The van der Waals surface area contributed by atoms with Crippen LogP contribution in [0.2, 0.25) is 0 Å². The Labute approximate surface area is 128 Å². The summed E-state index contributed by atoms with van der Waals surface area (Å²) >= 11 is 2.90. The monoisotopic (exact) mass is 327 g/mol. The molecule has 0 saturated carbocycles. The third kappa shape index (κ3) is 2.43. The van der Waals surface area contributed by atoms with Gasteiger partial charge in [-0.15, -0.1) is 16.9 Å². The summed E-state index contributed by atoms with van der Waals surface area (Å²) in [4.78, 5) is 24.6. The molecule has 3 rings (SSSR count). The third-order valence-corrected chi connectivity index (χ3v) is 5.60. The van der Waals surface area contributed by atoms with Crippen molar-refractivity contribution in [3.8, 4) is 0 Å². The summed E-state index contributed by atoms with van der Waals surface area (Å²) in [5.74, 6) is -0.405. The first kappa shape index (κ1) is 14.4. The second-order valence-corrected chi connectivity index (χ2v) is 6.81. The van der Waals surface area contributed by atoms with Crippen molar-refractivity contribution in [1.29, 1.82) is 0 Å². The predicted octanol–water partition coefficient (Wildman–Crippen LogP) is -0.512. The fourth-order valence-corrected chi connectivity index (χ4v) is 4.55. The Morgan fingerprint density at radius 2 is 2.43 bits per heavy atom. The third-order valence-electron chi connectivity index (χ3n) is 3.27. The molecule has 3 heterocycles. The summed E-state index contributed by atoms with van der Waals surface area (Å²) in [6, 6.07) is -0.599. The standard InChI is InChI=1S/C11H13N5O3S2/c1-15-2-6(13-14-15)20-3-5-4-21-10-7(12)9(17)16(10)8(5)11(18)19/h2,7,10H,3-4,12H2,1H3,(H,18,19)/t7?,10-/m1/s1. The molecule has 2 aliphatic heterocycles. The first-order valence-electron chi connectivity index (χ1n) is 6.13. The summed E-state index contributed by atoms with van der Waals surface area (Å²) in [5.41, 5.74) is 6.48. The van der Waals surface area contributed by atoms with E-state index in [1.165, 1.54) is 28.4 Å². The van der Waals surface area contributed by atoms with E-state index in [-0.39, 0.29) is 17.0 Å². The zero-order valence-electron chi connectivity index (χ0n) is 11.1.